The number of hydrogen-bond acceptors (Lipinski definition) is 3. The second-order valence-electron chi connectivity index (χ2n) is 6.57. The third-order valence-corrected chi connectivity index (χ3v) is 5.05. The average molecular weight is 317 g/mol. The Balaban J connectivity index is 1.57. The van der Waals surface area contributed by atoms with Crippen LogP contribution in [0.3, 0.4) is 0 Å². The molecule has 2 aliphatic heterocycles. The monoisotopic (exact) mass is 317 g/mol. The molecule has 1 aromatic carbocycles. The fraction of sp³-hybridized carbons (Fsp3) is 0.632. The van der Waals surface area contributed by atoms with Crippen LogP contribution in [0.5, 0.6) is 5.75 Å². The van der Waals surface area contributed by atoms with Gasteiger partial charge < -0.3 is 14.4 Å². The van der Waals surface area contributed by atoms with Crippen molar-refractivity contribution in [2.24, 2.45) is 0 Å². The maximum Gasteiger partial charge on any atom is 0.222 e. The number of carbonyl (C=O) groups excluding carboxylic acids is 1. The van der Waals surface area contributed by atoms with E-state index in [9.17, 15) is 4.79 Å². The number of methoxy groups -OCH3 is 1. The number of para-hydroxylation sites is 1. The Labute approximate surface area is 138 Å². The Morgan fingerprint density at radius 1 is 1.30 bits per heavy atom. The van der Waals surface area contributed by atoms with Gasteiger partial charge in [0.25, 0.3) is 0 Å². The van der Waals surface area contributed by atoms with Crippen LogP contribution in [0.1, 0.15) is 44.1 Å². The summed E-state index contributed by atoms with van der Waals surface area (Å²) >= 11 is 0. The summed E-state index contributed by atoms with van der Waals surface area (Å²) in [6.45, 7) is 1.75. The standard InChI is InChI=1S/C19H27NO3/c1-22-18-9-3-2-6-15(18)14-16-7-4-12-20(16)19(21)11-10-17-8-5-13-23-17/h2-3,6,9,16-17H,4-5,7-8,10-14H2,1H3. The van der Waals surface area contributed by atoms with E-state index in [1.165, 1.54) is 5.56 Å². The molecule has 0 saturated carbocycles. The van der Waals surface area contributed by atoms with E-state index < -0.39 is 0 Å². The highest BCUT2D eigenvalue weighted by Crippen LogP contribution is 2.27. The van der Waals surface area contributed by atoms with E-state index >= 15 is 0 Å². The molecule has 2 saturated heterocycles. The van der Waals surface area contributed by atoms with Crippen LogP contribution in [0.15, 0.2) is 24.3 Å². The van der Waals surface area contributed by atoms with E-state index in [1.807, 2.05) is 18.2 Å². The first-order valence-corrected chi connectivity index (χ1v) is 8.81. The normalized spacial score (nSPS) is 24.1. The van der Waals surface area contributed by atoms with E-state index in [0.29, 0.717) is 18.6 Å². The molecule has 2 atom stereocenters. The minimum Gasteiger partial charge on any atom is -0.496 e. The highest BCUT2D eigenvalue weighted by atomic mass is 16.5. The molecule has 2 heterocycles. The van der Waals surface area contributed by atoms with E-state index in [0.717, 1.165) is 57.4 Å². The van der Waals surface area contributed by atoms with Crippen molar-refractivity contribution in [1.82, 2.24) is 4.90 Å². The van der Waals surface area contributed by atoms with Gasteiger partial charge in [-0.1, -0.05) is 18.2 Å². The van der Waals surface area contributed by atoms with Crippen LogP contribution in [-0.2, 0) is 16.0 Å². The lowest BCUT2D eigenvalue weighted by molar-refractivity contribution is -0.132. The molecule has 0 spiro atoms. The van der Waals surface area contributed by atoms with Gasteiger partial charge in [-0.3, -0.25) is 4.79 Å². The van der Waals surface area contributed by atoms with Gasteiger partial charge in [-0.25, -0.2) is 0 Å². The van der Waals surface area contributed by atoms with E-state index in [4.69, 9.17) is 9.47 Å². The first-order chi connectivity index (χ1) is 11.3. The van der Waals surface area contributed by atoms with Crippen LogP contribution in [0.2, 0.25) is 0 Å². The molecule has 0 aromatic heterocycles. The Morgan fingerprint density at radius 3 is 2.96 bits per heavy atom. The quantitative estimate of drug-likeness (QED) is 0.809. The van der Waals surface area contributed by atoms with Crippen molar-refractivity contribution in [3.05, 3.63) is 29.8 Å². The lowest BCUT2D eigenvalue weighted by atomic mass is 10.0. The van der Waals surface area contributed by atoms with Crippen molar-refractivity contribution < 1.29 is 14.3 Å². The van der Waals surface area contributed by atoms with Crippen molar-refractivity contribution in [1.29, 1.82) is 0 Å². The molecule has 3 rings (SSSR count). The van der Waals surface area contributed by atoms with Gasteiger partial charge in [0.15, 0.2) is 0 Å². The molecule has 0 bridgehead atoms. The van der Waals surface area contributed by atoms with Gasteiger partial charge in [0.1, 0.15) is 5.75 Å². The minimum absolute atomic E-state index is 0.290. The van der Waals surface area contributed by atoms with Crippen LogP contribution >= 0.6 is 0 Å². The third kappa shape index (κ3) is 4.05. The molecular weight excluding hydrogens is 290 g/mol. The van der Waals surface area contributed by atoms with Gasteiger partial charge in [0.05, 0.1) is 13.2 Å². The van der Waals surface area contributed by atoms with Crippen LogP contribution in [-0.4, -0.2) is 43.2 Å². The fourth-order valence-corrected chi connectivity index (χ4v) is 3.80. The number of likely N-dealkylation sites (tertiary alicyclic amines) is 1. The molecule has 4 nitrogen and oxygen atoms in total. The molecule has 2 unspecified atom stereocenters. The van der Waals surface area contributed by atoms with Crippen LogP contribution in [0.25, 0.3) is 0 Å². The predicted molar refractivity (Wildman–Crippen MR) is 89.6 cm³/mol. The van der Waals surface area contributed by atoms with Crippen molar-refractivity contribution in [3.8, 4) is 5.75 Å². The number of nitrogens with zero attached hydrogens (tertiary/aromatic N) is 1. The molecule has 0 radical (unpaired) electrons. The van der Waals surface area contributed by atoms with Crippen molar-refractivity contribution >= 4 is 5.91 Å². The second-order valence-corrected chi connectivity index (χ2v) is 6.57. The molecule has 0 N–H and O–H groups in total. The summed E-state index contributed by atoms with van der Waals surface area (Å²) in [5, 5.41) is 0. The zero-order valence-corrected chi connectivity index (χ0v) is 14.0. The minimum atomic E-state index is 0.290. The summed E-state index contributed by atoms with van der Waals surface area (Å²) < 4.78 is 11.1. The van der Waals surface area contributed by atoms with Crippen molar-refractivity contribution in [2.45, 2.75) is 57.1 Å². The lowest BCUT2D eigenvalue weighted by Crippen LogP contribution is -2.37. The first kappa shape index (κ1) is 16.3. The molecule has 1 aromatic rings. The molecular formula is C19H27NO3. The SMILES string of the molecule is COc1ccccc1CC1CCCN1C(=O)CCC1CCCO1. The Hall–Kier alpha value is -1.55. The zero-order chi connectivity index (χ0) is 16.1. The maximum atomic E-state index is 12.6. The predicted octanol–water partition coefficient (Wildman–Crippen LogP) is 3.19. The van der Waals surface area contributed by atoms with Gasteiger partial charge in [0, 0.05) is 25.6 Å². The number of rotatable bonds is 6. The molecule has 0 aliphatic carbocycles. The summed E-state index contributed by atoms with van der Waals surface area (Å²) in [6, 6.07) is 8.43. The lowest BCUT2D eigenvalue weighted by Gasteiger charge is -2.26. The van der Waals surface area contributed by atoms with E-state index in [2.05, 4.69) is 11.0 Å². The largest absolute Gasteiger partial charge is 0.496 e. The van der Waals surface area contributed by atoms with E-state index in [1.54, 1.807) is 7.11 Å². The smallest absolute Gasteiger partial charge is 0.222 e. The fourth-order valence-electron chi connectivity index (χ4n) is 3.80. The topological polar surface area (TPSA) is 38.8 Å². The summed E-state index contributed by atoms with van der Waals surface area (Å²) in [6.07, 6.45) is 7.11. The highest BCUT2D eigenvalue weighted by Gasteiger charge is 2.29. The number of carbonyl (C=O) groups is 1. The number of ether oxygens (including phenoxy) is 2. The van der Waals surface area contributed by atoms with Crippen LogP contribution in [0, 0.1) is 0 Å². The second kappa shape index (κ2) is 7.82. The van der Waals surface area contributed by atoms with Crippen molar-refractivity contribution in [2.75, 3.05) is 20.3 Å². The Bertz CT molecular complexity index is 525. The number of benzene rings is 1. The summed E-state index contributed by atoms with van der Waals surface area (Å²) in [7, 11) is 1.71. The van der Waals surface area contributed by atoms with Crippen molar-refractivity contribution in [3.63, 3.8) is 0 Å². The molecule has 2 aliphatic rings. The number of hydrogen-bond donors (Lipinski definition) is 0. The van der Waals surface area contributed by atoms with E-state index in [-0.39, 0.29) is 5.91 Å². The maximum absolute atomic E-state index is 12.6. The molecule has 4 heteroatoms. The highest BCUT2D eigenvalue weighted by molar-refractivity contribution is 5.77. The van der Waals surface area contributed by atoms with Crippen LogP contribution < -0.4 is 4.74 Å². The van der Waals surface area contributed by atoms with Gasteiger partial charge in [-0.15, -0.1) is 0 Å². The molecule has 23 heavy (non-hydrogen) atoms. The van der Waals surface area contributed by atoms with Gasteiger partial charge >= 0.3 is 0 Å². The summed E-state index contributed by atoms with van der Waals surface area (Å²) in [4.78, 5) is 14.7. The molecule has 126 valence electrons. The average Bonchev–Trinajstić information content (AvgIpc) is 3.25. The van der Waals surface area contributed by atoms with Gasteiger partial charge in [0.2, 0.25) is 5.91 Å². The summed E-state index contributed by atoms with van der Waals surface area (Å²) in [5.74, 6) is 1.21. The Morgan fingerprint density at radius 2 is 2.17 bits per heavy atom. The van der Waals surface area contributed by atoms with Crippen LogP contribution in [0.4, 0.5) is 0 Å². The Kier molecular flexibility index (Phi) is 5.55. The molecule has 2 fully saturated rings. The summed E-state index contributed by atoms with van der Waals surface area (Å²) in [5.41, 5.74) is 1.19. The third-order valence-electron chi connectivity index (χ3n) is 5.05. The molecule has 1 amide bonds. The van der Waals surface area contributed by atoms with Gasteiger partial charge in [-0.05, 0) is 50.2 Å². The zero-order valence-electron chi connectivity index (χ0n) is 14.0. The first-order valence-electron chi connectivity index (χ1n) is 8.81. The van der Waals surface area contributed by atoms with Gasteiger partial charge in [-0.2, -0.15) is 0 Å². The number of amides is 1.